The van der Waals surface area contributed by atoms with Gasteiger partial charge in [0, 0.05) is 5.69 Å². The third-order valence-corrected chi connectivity index (χ3v) is 5.19. The Kier molecular flexibility index (Phi) is 6.15. The quantitative estimate of drug-likeness (QED) is 0.666. The molecule has 4 heteroatoms. The molecule has 2 aromatic rings. The van der Waals surface area contributed by atoms with E-state index < -0.39 is 0 Å². The summed E-state index contributed by atoms with van der Waals surface area (Å²) in [6.07, 6.45) is 5.29. The van der Waals surface area contributed by atoms with Gasteiger partial charge in [0.2, 0.25) is 0 Å². The Morgan fingerprint density at radius 2 is 1.77 bits per heavy atom. The van der Waals surface area contributed by atoms with Crippen molar-refractivity contribution in [3.8, 4) is 5.75 Å². The Hall–Kier alpha value is -2.07. The van der Waals surface area contributed by atoms with Gasteiger partial charge in [-0.15, -0.1) is 0 Å². The molecule has 138 valence electrons. The Morgan fingerprint density at radius 1 is 1.08 bits per heavy atom. The van der Waals surface area contributed by atoms with Gasteiger partial charge in [0.25, 0.3) is 0 Å². The molecule has 1 unspecified atom stereocenters. The average Bonchev–Trinajstić information content (AvgIpc) is 3.11. The number of hydrogen-bond acceptors (Lipinski definition) is 2. The van der Waals surface area contributed by atoms with Gasteiger partial charge in [-0.2, -0.15) is 0 Å². The second-order valence-electron chi connectivity index (χ2n) is 7.23. The number of hydrogen-bond donors (Lipinski definition) is 2. The number of anilines is 1. The molecule has 1 fully saturated rings. The maximum absolute atomic E-state index is 6.01. The van der Waals surface area contributed by atoms with Crippen LogP contribution in [0.25, 0.3) is 0 Å². The molecule has 0 aliphatic heterocycles. The van der Waals surface area contributed by atoms with Gasteiger partial charge in [-0.1, -0.05) is 23.8 Å². The summed E-state index contributed by atoms with van der Waals surface area (Å²) in [5.74, 6) is 0.935. The lowest BCUT2D eigenvalue weighted by atomic mass is 10.0. The number of nitrogens with one attached hydrogen (secondary N) is 2. The van der Waals surface area contributed by atoms with Crippen molar-refractivity contribution in [1.29, 1.82) is 0 Å². The van der Waals surface area contributed by atoms with Gasteiger partial charge >= 0.3 is 0 Å². The van der Waals surface area contributed by atoms with Crippen LogP contribution in [-0.2, 0) is 0 Å². The van der Waals surface area contributed by atoms with Gasteiger partial charge in [-0.3, -0.25) is 0 Å². The normalized spacial score (nSPS) is 15.5. The monoisotopic (exact) mass is 368 g/mol. The summed E-state index contributed by atoms with van der Waals surface area (Å²) >= 11 is 5.48. The molecular formula is C22H28N2OS. The molecule has 3 nitrogen and oxygen atoms in total. The van der Waals surface area contributed by atoms with Crippen LogP contribution in [0.4, 0.5) is 5.69 Å². The zero-order valence-corrected chi connectivity index (χ0v) is 16.7. The fourth-order valence-electron chi connectivity index (χ4n) is 3.48. The summed E-state index contributed by atoms with van der Waals surface area (Å²) < 4.78 is 6.01. The number of thiocarbonyl (C=S) groups is 1. The molecule has 0 amide bonds. The first-order valence-corrected chi connectivity index (χ1v) is 9.83. The minimum Gasteiger partial charge on any atom is -0.490 e. The fraction of sp³-hybridized carbons (Fsp3) is 0.409. The lowest BCUT2D eigenvalue weighted by Crippen LogP contribution is -2.31. The molecule has 0 saturated heterocycles. The number of benzene rings is 2. The molecule has 0 spiro atoms. The summed E-state index contributed by atoms with van der Waals surface area (Å²) in [5, 5.41) is 7.27. The first-order valence-electron chi connectivity index (χ1n) is 9.42. The standard InChI is InChI=1S/C22H28N2OS/c1-15-8-9-16(2)21(14-15)17(3)23-22(26)24-18-10-12-20(13-11-18)25-19-6-4-5-7-19/h8-14,17,19H,4-7H2,1-3H3,(H2,23,24,26). The van der Waals surface area contributed by atoms with Gasteiger partial charge in [0.15, 0.2) is 5.11 Å². The summed E-state index contributed by atoms with van der Waals surface area (Å²) in [6.45, 7) is 6.38. The van der Waals surface area contributed by atoms with E-state index in [0.717, 1.165) is 11.4 Å². The molecule has 1 atom stereocenters. The lowest BCUT2D eigenvalue weighted by molar-refractivity contribution is 0.210. The van der Waals surface area contributed by atoms with Crippen LogP contribution in [0.15, 0.2) is 42.5 Å². The van der Waals surface area contributed by atoms with Crippen LogP contribution in [0.2, 0.25) is 0 Å². The summed E-state index contributed by atoms with van der Waals surface area (Å²) in [5.41, 5.74) is 4.77. The van der Waals surface area contributed by atoms with Crippen molar-refractivity contribution in [3.63, 3.8) is 0 Å². The largest absolute Gasteiger partial charge is 0.490 e. The van der Waals surface area contributed by atoms with Crippen LogP contribution in [0.5, 0.6) is 5.75 Å². The first-order chi connectivity index (χ1) is 12.5. The highest BCUT2D eigenvalue weighted by Gasteiger charge is 2.16. The van der Waals surface area contributed by atoms with Crippen molar-refractivity contribution in [2.75, 3.05) is 5.32 Å². The molecule has 1 aliphatic carbocycles. The van der Waals surface area contributed by atoms with Crippen molar-refractivity contribution < 1.29 is 4.74 Å². The highest BCUT2D eigenvalue weighted by atomic mass is 32.1. The Bertz CT molecular complexity index is 751. The minimum absolute atomic E-state index is 0.153. The molecule has 3 rings (SSSR count). The van der Waals surface area contributed by atoms with Crippen LogP contribution in [0, 0.1) is 13.8 Å². The molecule has 0 bridgehead atoms. The Balaban J connectivity index is 1.54. The first kappa shape index (κ1) is 18.7. The molecule has 26 heavy (non-hydrogen) atoms. The van der Waals surface area contributed by atoms with Crippen LogP contribution in [0.3, 0.4) is 0 Å². The van der Waals surface area contributed by atoms with E-state index in [1.54, 1.807) is 0 Å². The fourth-order valence-corrected chi connectivity index (χ4v) is 3.78. The topological polar surface area (TPSA) is 33.3 Å². The minimum atomic E-state index is 0.153. The molecule has 1 aliphatic rings. The van der Waals surface area contributed by atoms with Crippen molar-refractivity contribution in [2.45, 2.75) is 58.6 Å². The summed E-state index contributed by atoms with van der Waals surface area (Å²) in [6, 6.07) is 14.7. The number of aryl methyl sites for hydroxylation is 2. The third-order valence-electron chi connectivity index (χ3n) is 4.97. The van der Waals surface area contributed by atoms with Crippen LogP contribution in [-0.4, -0.2) is 11.2 Å². The summed E-state index contributed by atoms with van der Waals surface area (Å²) in [4.78, 5) is 0. The molecule has 2 aromatic carbocycles. The molecular weight excluding hydrogens is 340 g/mol. The predicted octanol–water partition coefficient (Wildman–Crippen LogP) is 5.67. The van der Waals surface area contributed by atoms with Crippen LogP contribution >= 0.6 is 12.2 Å². The van der Waals surface area contributed by atoms with E-state index in [2.05, 4.69) is 49.6 Å². The Morgan fingerprint density at radius 3 is 2.46 bits per heavy atom. The summed E-state index contributed by atoms with van der Waals surface area (Å²) in [7, 11) is 0. The van der Waals surface area contributed by atoms with E-state index >= 15 is 0 Å². The van der Waals surface area contributed by atoms with Crippen LogP contribution in [0.1, 0.15) is 55.3 Å². The van der Waals surface area contributed by atoms with Gasteiger partial charge in [-0.05, 0) is 94.1 Å². The van der Waals surface area contributed by atoms with E-state index in [9.17, 15) is 0 Å². The van der Waals surface area contributed by atoms with Crippen LogP contribution < -0.4 is 15.4 Å². The SMILES string of the molecule is Cc1ccc(C)c(C(C)NC(=S)Nc2ccc(OC3CCCC3)cc2)c1. The van der Waals surface area contributed by atoms with Gasteiger partial charge in [0.1, 0.15) is 5.75 Å². The Labute approximate surface area is 162 Å². The highest BCUT2D eigenvalue weighted by molar-refractivity contribution is 7.80. The average molecular weight is 369 g/mol. The zero-order chi connectivity index (χ0) is 18.5. The van der Waals surface area contributed by atoms with E-state index in [1.165, 1.54) is 42.4 Å². The molecule has 0 radical (unpaired) electrons. The molecule has 1 saturated carbocycles. The van der Waals surface area contributed by atoms with Gasteiger partial charge in [-0.25, -0.2) is 0 Å². The maximum atomic E-state index is 6.01. The molecule has 0 heterocycles. The van der Waals surface area contributed by atoms with E-state index in [-0.39, 0.29) is 6.04 Å². The van der Waals surface area contributed by atoms with Crippen molar-refractivity contribution >= 4 is 23.0 Å². The maximum Gasteiger partial charge on any atom is 0.171 e. The number of ether oxygens (including phenoxy) is 1. The predicted molar refractivity (Wildman–Crippen MR) is 113 cm³/mol. The second kappa shape index (κ2) is 8.54. The van der Waals surface area contributed by atoms with Crippen molar-refractivity contribution in [3.05, 3.63) is 59.2 Å². The second-order valence-corrected chi connectivity index (χ2v) is 7.64. The zero-order valence-electron chi connectivity index (χ0n) is 15.8. The van der Waals surface area contributed by atoms with E-state index in [1.807, 2.05) is 24.3 Å². The van der Waals surface area contributed by atoms with Crippen molar-refractivity contribution in [1.82, 2.24) is 5.32 Å². The highest BCUT2D eigenvalue weighted by Crippen LogP contribution is 2.25. The van der Waals surface area contributed by atoms with Gasteiger partial charge < -0.3 is 15.4 Å². The third kappa shape index (κ3) is 4.98. The van der Waals surface area contributed by atoms with Crippen molar-refractivity contribution in [2.24, 2.45) is 0 Å². The number of rotatable bonds is 5. The lowest BCUT2D eigenvalue weighted by Gasteiger charge is -2.20. The smallest absolute Gasteiger partial charge is 0.171 e. The molecule has 2 N–H and O–H groups in total. The van der Waals surface area contributed by atoms with E-state index in [0.29, 0.717) is 11.2 Å². The molecule has 0 aromatic heterocycles. The van der Waals surface area contributed by atoms with E-state index in [4.69, 9.17) is 17.0 Å². The van der Waals surface area contributed by atoms with Gasteiger partial charge in [0.05, 0.1) is 12.1 Å².